The maximum absolute atomic E-state index is 12.9. The van der Waals surface area contributed by atoms with Crippen LogP contribution in [0.2, 0.25) is 0 Å². The van der Waals surface area contributed by atoms with E-state index in [-0.39, 0.29) is 31.1 Å². The van der Waals surface area contributed by atoms with Crippen LogP contribution >= 0.6 is 0 Å². The molecule has 0 aromatic carbocycles. The molecule has 0 saturated carbocycles. The van der Waals surface area contributed by atoms with E-state index >= 15 is 0 Å². The van der Waals surface area contributed by atoms with E-state index < -0.39 is 6.10 Å². The summed E-state index contributed by atoms with van der Waals surface area (Å²) < 4.78 is 16.9. The lowest BCUT2D eigenvalue weighted by atomic mass is 10.1. The van der Waals surface area contributed by atoms with Crippen molar-refractivity contribution < 1.29 is 28.6 Å². The molecular weight excluding hydrogens is 1010 g/mol. The number of rotatable bonds is 57. The Balaban J connectivity index is 4.39. The molecule has 0 fully saturated rings. The fourth-order valence-corrected chi connectivity index (χ4v) is 8.29. The number of unbranched alkanes of at least 4 members (excludes halogenated alkanes) is 16. The Morgan fingerprint density at radius 3 is 0.756 bits per heavy atom. The maximum Gasteiger partial charge on any atom is 0.306 e. The third-order valence-electron chi connectivity index (χ3n) is 13.1. The van der Waals surface area contributed by atoms with Crippen LogP contribution in [0.4, 0.5) is 0 Å². The van der Waals surface area contributed by atoms with E-state index in [1.165, 1.54) is 25.7 Å². The van der Waals surface area contributed by atoms with Gasteiger partial charge < -0.3 is 14.2 Å². The van der Waals surface area contributed by atoms with E-state index in [1.54, 1.807) is 0 Å². The van der Waals surface area contributed by atoms with Gasteiger partial charge in [0, 0.05) is 19.3 Å². The Morgan fingerprint density at radius 2 is 0.476 bits per heavy atom. The third kappa shape index (κ3) is 65.3. The van der Waals surface area contributed by atoms with Crippen molar-refractivity contribution in [2.24, 2.45) is 0 Å². The molecule has 0 radical (unpaired) electrons. The molecule has 0 saturated heterocycles. The van der Waals surface area contributed by atoms with Gasteiger partial charge in [-0.25, -0.2) is 0 Å². The second-order valence-corrected chi connectivity index (χ2v) is 20.9. The van der Waals surface area contributed by atoms with Gasteiger partial charge in [-0.2, -0.15) is 0 Å². The zero-order chi connectivity index (χ0) is 59.2. The highest BCUT2D eigenvalue weighted by atomic mass is 16.6. The molecule has 0 amide bonds. The minimum absolute atomic E-state index is 0.106. The second-order valence-electron chi connectivity index (χ2n) is 20.9. The summed E-state index contributed by atoms with van der Waals surface area (Å²) in [5.74, 6) is -0.964. The molecule has 0 aliphatic rings. The van der Waals surface area contributed by atoms with Crippen LogP contribution in [0.15, 0.2) is 182 Å². The van der Waals surface area contributed by atoms with Crippen LogP contribution in [0.5, 0.6) is 0 Å². The van der Waals surface area contributed by atoms with E-state index in [4.69, 9.17) is 14.2 Å². The lowest BCUT2D eigenvalue weighted by molar-refractivity contribution is -0.167. The van der Waals surface area contributed by atoms with Gasteiger partial charge in [0.25, 0.3) is 0 Å². The number of carbonyl (C=O) groups excluding carboxylic acids is 3. The van der Waals surface area contributed by atoms with Gasteiger partial charge in [-0.1, -0.05) is 267 Å². The van der Waals surface area contributed by atoms with Crippen molar-refractivity contribution in [2.45, 2.75) is 264 Å². The first-order chi connectivity index (χ1) is 40.5. The molecule has 0 N–H and O–H groups in total. The van der Waals surface area contributed by atoms with Gasteiger partial charge in [-0.3, -0.25) is 14.4 Å². The van der Waals surface area contributed by atoms with E-state index in [2.05, 4.69) is 203 Å². The fourth-order valence-electron chi connectivity index (χ4n) is 8.29. The van der Waals surface area contributed by atoms with Crippen LogP contribution in [0.3, 0.4) is 0 Å². The molecule has 0 aliphatic heterocycles. The van der Waals surface area contributed by atoms with Crippen LogP contribution in [0.25, 0.3) is 0 Å². The molecule has 0 aliphatic carbocycles. The molecule has 0 rings (SSSR count). The van der Waals surface area contributed by atoms with E-state index in [0.717, 1.165) is 193 Å². The summed E-state index contributed by atoms with van der Waals surface area (Å²) in [7, 11) is 0. The molecular formula is C76H118O6. The summed E-state index contributed by atoms with van der Waals surface area (Å²) in [4.78, 5) is 38.3. The van der Waals surface area contributed by atoms with Crippen LogP contribution < -0.4 is 0 Å². The summed E-state index contributed by atoms with van der Waals surface area (Å²) in [6.07, 6.45) is 102. The standard InChI is InChI=1S/C76H118O6/c1-4-7-10-13-16-19-22-24-26-28-30-32-34-36-37-38-39-41-42-44-46-48-50-52-54-57-60-63-66-69-75(78)81-72-73(71-80-74(77)68-65-62-59-56-21-18-15-12-9-6-3)82-76(79)70-67-64-61-58-55-53-51-49-47-45-43-40-35-33-31-29-27-25-23-20-17-14-11-8-5-2/h7-8,10-12,15-17,19-20,24-27,30-33,36-37,39-41,43-44,46-47,49-50,52,73H,4-6,9,13-14,18,21-23,28-29,34-35,38,42,45,48,51,53-72H2,1-3H3/b10-7-,11-8-,15-12-,19-16-,20-17-,26-24-,27-25-,32-30-,33-31-,37-36-,41-39-,43-40-,46-44-,49-47-,52-50-. The Kier molecular flexibility index (Phi) is 63.5. The highest BCUT2D eigenvalue weighted by molar-refractivity contribution is 5.71. The lowest BCUT2D eigenvalue weighted by Crippen LogP contribution is -2.30. The van der Waals surface area contributed by atoms with Crippen molar-refractivity contribution in [3.63, 3.8) is 0 Å². The first-order valence-electron chi connectivity index (χ1n) is 32.8. The molecule has 0 bridgehead atoms. The molecule has 6 nitrogen and oxygen atoms in total. The van der Waals surface area contributed by atoms with Gasteiger partial charge in [0.05, 0.1) is 0 Å². The van der Waals surface area contributed by atoms with Crippen molar-refractivity contribution >= 4 is 17.9 Å². The van der Waals surface area contributed by atoms with Gasteiger partial charge in [0.2, 0.25) is 0 Å². The normalized spacial score (nSPS) is 13.4. The first-order valence-corrected chi connectivity index (χ1v) is 32.8. The summed E-state index contributed by atoms with van der Waals surface area (Å²) in [5, 5.41) is 0. The molecule has 458 valence electrons. The minimum atomic E-state index is -0.812. The molecule has 82 heavy (non-hydrogen) atoms. The topological polar surface area (TPSA) is 78.9 Å². The second kappa shape index (κ2) is 68.0. The summed E-state index contributed by atoms with van der Waals surface area (Å²) >= 11 is 0. The predicted molar refractivity (Wildman–Crippen MR) is 357 cm³/mol. The third-order valence-corrected chi connectivity index (χ3v) is 13.1. The molecule has 0 aromatic rings. The number of allylic oxidation sites excluding steroid dienone is 30. The highest BCUT2D eigenvalue weighted by Gasteiger charge is 2.19. The molecule has 1 atom stereocenters. The summed E-state index contributed by atoms with van der Waals surface area (Å²) in [6.45, 7) is 6.30. The SMILES string of the molecule is CC/C=C\C/C=C\C/C=C\C/C=C\C/C=C\C/C=C\C/C=C\C/C=C\CCCCCCC(=O)OCC(COC(=O)CCCCCCC/C=C\CCC)OC(=O)CCCCCCCC/C=C\C/C=C\C/C=C\C/C=C\C/C=C\C/C=C\CC. The summed E-state index contributed by atoms with van der Waals surface area (Å²) in [6, 6.07) is 0. The predicted octanol–water partition coefficient (Wildman–Crippen LogP) is 22.8. The number of esters is 3. The smallest absolute Gasteiger partial charge is 0.306 e. The Hall–Kier alpha value is -5.49. The number of hydrogen-bond acceptors (Lipinski definition) is 6. The largest absolute Gasteiger partial charge is 0.462 e. The van der Waals surface area contributed by atoms with Crippen LogP contribution in [0.1, 0.15) is 258 Å². The zero-order valence-electron chi connectivity index (χ0n) is 52.4. The Morgan fingerprint density at radius 1 is 0.256 bits per heavy atom. The quantitative estimate of drug-likeness (QED) is 0.0261. The molecule has 0 heterocycles. The maximum atomic E-state index is 12.9. The zero-order valence-corrected chi connectivity index (χ0v) is 52.4. The molecule has 6 heteroatoms. The first kappa shape index (κ1) is 76.5. The average Bonchev–Trinajstić information content (AvgIpc) is 3.48. The van der Waals surface area contributed by atoms with Crippen molar-refractivity contribution in [1.29, 1.82) is 0 Å². The number of carbonyl (C=O) groups is 3. The highest BCUT2D eigenvalue weighted by Crippen LogP contribution is 2.14. The van der Waals surface area contributed by atoms with Gasteiger partial charge in [0.15, 0.2) is 6.10 Å². The molecule has 0 spiro atoms. The van der Waals surface area contributed by atoms with Crippen molar-refractivity contribution in [3.8, 4) is 0 Å². The molecule has 0 aromatic heterocycles. The fraction of sp³-hybridized carbons (Fsp3) is 0.566. The molecule has 1 unspecified atom stereocenters. The van der Waals surface area contributed by atoms with Crippen LogP contribution in [-0.2, 0) is 28.6 Å². The van der Waals surface area contributed by atoms with Crippen LogP contribution in [-0.4, -0.2) is 37.2 Å². The lowest BCUT2D eigenvalue weighted by Gasteiger charge is -2.18. The van der Waals surface area contributed by atoms with Crippen molar-refractivity contribution in [1.82, 2.24) is 0 Å². The van der Waals surface area contributed by atoms with E-state index in [9.17, 15) is 14.4 Å². The van der Waals surface area contributed by atoms with Gasteiger partial charge in [-0.05, 0) is 154 Å². The number of ether oxygens (including phenoxy) is 3. The van der Waals surface area contributed by atoms with Crippen molar-refractivity contribution in [3.05, 3.63) is 182 Å². The van der Waals surface area contributed by atoms with Gasteiger partial charge in [0.1, 0.15) is 13.2 Å². The van der Waals surface area contributed by atoms with Gasteiger partial charge in [-0.15, -0.1) is 0 Å². The van der Waals surface area contributed by atoms with E-state index in [0.29, 0.717) is 19.3 Å². The Labute approximate surface area is 504 Å². The number of hydrogen-bond donors (Lipinski definition) is 0. The van der Waals surface area contributed by atoms with Gasteiger partial charge >= 0.3 is 17.9 Å². The summed E-state index contributed by atoms with van der Waals surface area (Å²) in [5.41, 5.74) is 0. The average molecular weight is 1130 g/mol. The minimum Gasteiger partial charge on any atom is -0.462 e. The Bertz CT molecular complexity index is 1920. The monoisotopic (exact) mass is 1130 g/mol. The van der Waals surface area contributed by atoms with E-state index in [1.807, 2.05) is 0 Å². The van der Waals surface area contributed by atoms with Crippen LogP contribution in [0, 0.1) is 0 Å². The van der Waals surface area contributed by atoms with Crippen molar-refractivity contribution in [2.75, 3.05) is 13.2 Å².